The molecule has 0 saturated heterocycles. The van der Waals surface area contributed by atoms with Crippen LogP contribution in [0.15, 0.2) is 10.5 Å². The zero-order valence-electron chi connectivity index (χ0n) is 11.6. The van der Waals surface area contributed by atoms with E-state index in [0.29, 0.717) is 6.42 Å². The second-order valence-electron chi connectivity index (χ2n) is 4.79. The lowest BCUT2D eigenvalue weighted by molar-refractivity contribution is -0.139. The first kappa shape index (κ1) is 14.8. The van der Waals surface area contributed by atoms with Gasteiger partial charge in [0.25, 0.3) is 0 Å². The van der Waals surface area contributed by atoms with Crippen molar-refractivity contribution in [2.45, 2.75) is 59.0 Å². The highest BCUT2D eigenvalue weighted by atomic mass is 16.4. The molecule has 1 aromatic rings. The van der Waals surface area contributed by atoms with E-state index in [-0.39, 0.29) is 6.04 Å². The predicted molar refractivity (Wildman–Crippen MR) is 70.7 cm³/mol. The summed E-state index contributed by atoms with van der Waals surface area (Å²) in [5.74, 6) is 0.928. The highest BCUT2D eigenvalue weighted by molar-refractivity contribution is 5.73. The quantitative estimate of drug-likeness (QED) is 0.783. The minimum atomic E-state index is -0.784. The molecule has 4 nitrogen and oxygen atoms in total. The van der Waals surface area contributed by atoms with Crippen molar-refractivity contribution in [2.24, 2.45) is 0 Å². The minimum absolute atomic E-state index is 0.0135. The van der Waals surface area contributed by atoms with Crippen LogP contribution in [-0.2, 0) is 4.79 Å². The lowest BCUT2D eigenvalue weighted by Gasteiger charge is -2.19. The van der Waals surface area contributed by atoms with E-state index in [1.54, 1.807) is 0 Å². The third-order valence-electron chi connectivity index (χ3n) is 3.14. The van der Waals surface area contributed by atoms with Gasteiger partial charge >= 0.3 is 5.97 Å². The van der Waals surface area contributed by atoms with E-state index in [9.17, 15) is 9.90 Å². The molecule has 0 fully saturated rings. The third-order valence-corrected chi connectivity index (χ3v) is 3.14. The van der Waals surface area contributed by atoms with Gasteiger partial charge in [-0.25, -0.2) is 0 Å². The first-order chi connectivity index (χ1) is 8.45. The van der Waals surface area contributed by atoms with Gasteiger partial charge in [0.15, 0.2) is 0 Å². The molecule has 0 bridgehead atoms. The van der Waals surface area contributed by atoms with Crippen molar-refractivity contribution in [1.82, 2.24) is 5.32 Å². The van der Waals surface area contributed by atoms with Gasteiger partial charge < -0.3 is 9.52 Å². The number of carboxylic acids is 1. The van der Waals surface area contributed by atoms with E-state index >= 15 is 0 Å². The molecule has 4 heteroatoms. The first-order valence-corrected chi connectivity index (χ1v) is 6.51. The predicted octanol–water partition coefficient (Wildman–Crippen LogP) is 3.19. The maximum Gasteiger partial charge on any atom is 0.320 e. The van der Waals surface area contributed by atoms with Crippen molar-refractivity contribution in [1.29, 1.82) is 0 Å². The normalized spacial score (nSPS) is 14.4. The van der Waals surface area contributed by atoms with Gasteiger partial charge in [0.1, 0.15) is 17.6 Å². The maximum absolute atomic E-state index is 11.2. The van der Waals surface area contributed by atoms with Gasteiger partial charge in [-0.15, -0.1) is 0 Å². The molecule has 0 radical (unpaired) electrons. The number of unbranched alkanes of at least 4 members (excludes halogenated alkanes) is 1. The molecule has 0 aliphatic heterocycles. The summed E-state index contributed by atoms with van der Waals surface area (Å²) in [5, 5.41) is 12.3. The van der Waals surface area contributed by atoms with Gasteiger partial charge in [0, 0.05) is 11.6 Å². The molecule has 2 atom stereocenters. The molecule has 2 N–H and O–H groups in total. The molecule has 1 aromatic heterocycles. The van der Waals surface area contributed by atoms with E-state index in [4.69, 9.17) is 4.42 Å². The van der Waals surface area contributed by atoms with E-state index in [2.05, 4.69) is 12.2 Å². The lowest BCUT2D eigenvalue weighted by atomic mass is 10.1. The van der Waals surface area contributed by atoms with Crippen molar-refractivity contribution >= 4 is 5.97 Å². The lowest BCUT2D eigenvalue weighted by Crippen LogP contribution is -2.38. The van der Waals surface area contributed by atoms with Crippen LogP contribution in [0, 0.1) is 13.8 Å². The number of furan rings is 1. The molecular formula is C14H23NO3. The molecule has 0 spiro atoms. The Morgan fingerprint density at radius 1 is 1.50 bits per heavy atom. The number of aryl methyl sites for hydroxylation is 2. The second kappa shape index (κ2) is 6.59. The number of hydrogen-bond acceptors (Lipinski definition) is 3. The summed E-state index contributed by atoms with van der Waals surface area (Å²) < 4.78 is 5.47. The molecule has 0 amide bonds. The summed E-state index contributed by atoms with van der Waals surface area (Å²) in [6.45, 7) is 7.84. The standard InChI is InChI=1S/C14H23NO3/c1-5-6-7-13(14(16)17)15-10(3)12-8-9(2)18-11(12)4/h8,10,13,15H,5-7H2,1-4H3,(H,16,17). The highest BCUT2D eigenvalue weighted by Crippen LogP contribution is 2.22. The van der Waals surface area contributed by atoms with Gasteiger partial charge in [0.2, 0.25) is 0 Å². The van der Waals surface area contributed by atoms with Crippen LogP contribution in [0.3, 0.4) is 0 Å². The first-order valence-electron chi connectivity index (χ1n) is 6.51. The molecule has 0 saturated carbocycles. The van der Waals surface area contributed by atoms with E-state index in [0.717, 1.165) is 29.9 Å². The van der Waals surface area contributed by atoms with Crippen LogP contribution in [0.25, 0.3) is 0 Å². The molecule has 1 heterocycles. The molecule has 0 aliphatic carbocycles. The van der Waals surface area contributed by atoms with Crippen molar-refractivity contribution in [3.05, 3.63) is 23.2 Å². The Hall–Kier alpha value is -1.29. The Labute approximate surface area is 108 Å². The van der Waals surface area contributed by atoms with Gasteiger partial charge in [-0.05, 0) is 33.3 Å². The molecule has 18 heavy (non-hydrogen) atoms. The molecule has 2 unspecified atom stereocenters. The number of aliphatic carboxylic acids is 1. The zero-order valence-corrected chi connectivity index (χ0v) is 11.6. The number of carboxylic acid groups (broad SMARTS) is 1. The summed E-state index contributed by atoms with van der Waals surface area (Å²) in [4.78, 5) is 11.2. The van der Waals surface area contributed by atoms with Crippen LogP contribution in [-0.4, -0.2) is 17.1 Å². The number of nitrogens with one attached hydrogen (secondary N) is 1. The van der Waals surface area contributed by atoms with Gasteiger partial charge in [0.05, 0.1) is 0 Å². The van der Waals surface area contributed by atoms with E-state index in [1.807, 2.05) is 26.8 Å². The van der Waals surface area contributed by atoms with Crippen LogP contribution >= 0.6 is 0 Å². The Morgan fingerprint density at radius 2 is 2.17 bits per heavy atom. The Bertz CT molecular complexity index is 398. The summed E-state index contributed by atoms with van der Waals surface area (Å²) in [7, 11) is 0. The molecule has 1 rings (SSSR count). The van der Waals surface area contributed by atoms with Crippen molar-refractivity contribution in [3.63, 3.8) is 0 Å². The summed E-state index contributed by atoms with van der Waals surface area (Å²) in [6.07, 6.45) is 2.58. The fourth-order valence-electron chi connectivity index (χ4n) is 2.16. The van der Waals surface area contributed by atoms with Gasteiger partial charge in [-0.1, -0.05) is 19.8 Å². The number of rotatable bonds is 7. The van der Waals surface area contributed by atoms with Crippen LogP contribution < -0.4 is 5.32 Å². The monoisotopic (exact) mass is 253 g/mol. The Morgan fingerprint density at radius 3 is 2.61 bits per heavy atom. The third kappa shape index (κ3) is 3.88. The van der Waals surface area contributed by atoms with E-state index < -0.39 is 12.0 Å². The zero-order chi connectivity index (χ0) is 13.7. The van der Waals surface area contributed by atoms with Gasteiger partial charge in [-0.3, -0.25) is 10.1 Å². The Kier molecular flexibility index (Phi) is 5.41. The van der Waals surface area contributed by atoms with Crippen LogP contribution in [0.2, 0.25) is 0 Å². The van der Waals surface area contributed by atoms with Crippen LogP contribution in [0.5, 0.6) is 0 Å². The smallest absolute Gasteiger partial charge is 0.320 e. The van der Waals surface area contributed by atoms with Crippen molar-refractivity contribution in [2.75, 3.05) is 0 Å². The summed E-state index contributed by atoms with van der Waals surface area (Å²) >= 11 is 0. The van der Waals surface area contributed by atoms with E-state index in [1.165, 1.54) is 0 Å². The molecule has 0 aromatic carbocycles. The largest absolute Gasteiger partial charge is 0.480 e. The van der Waals surface area contributed by atoms with Crippen LogP contribution in [0.4, 0.5) is 0 Å². The fourth-order valence-corrected chi connectivity index (χ4v) is 2.16. The SMILES string of the molecule is CCCCC(NC(C)c1cc(C)oc1C)C(=O)O. The average Bonchev–Trinajstić information content (AvgIpc) is 2.63. The summed E-state index contributed by atoms with van der Waals surface area (Å²) in [5.41, 5.74) is 1.04. The van der Waals surface area contributed by atoms with Crippen molar-refractivity contribution in [3.8, 4) is 0 Å². The number of carbonyl (C=O) groups is 1. The van der Waals surface area contributed by atoms with Crippen LogP contribution in [0.1, 0.15) is 56.2 Å². The minimum Gasteiger partial charge on any atom is -0.480 e. The fraction of sp³-hybridized carbons (Fsp3) is 0.643. The Balaban J connectivity index is 2.68. The topological polar surface area (TPSA) is 62.5 Å². The molecule has 0 aliphatic rings. The molecule has 102 valence electrons. The highest BCUT2D eigenvalue weighted by Gasteiger charge is 2.21. The number of hydrogen-bond donors (Lipinski definition) is 2. The maximum atomic E-state index is 11.2. The average molecular weight is 253 g/mol. The second-order valence-corrected chi connectivity index (χ2v) is 4.79. The molecular weight excluding hydrogens is 230 g/mol. The van der Waals surface area contributed by atoms with Crippen molar-refractivity contribution < 1.29 is 14.3 Å². The summed E-state index contributed by atoms with van der Waals surface area (Å²) in [6, 6.07) is 1.46. The van der Waals surface area contributed by atoms with Gasteiger partial charge in [-0.2, -0.15) is 0 Å².